The average molecular weight is 430 g/mol. The first-order chi connectivity index (χ1) is 12.9. The van der Waals surface area contributed by atoms with Gasteiger partial charge >= 0.3 is 11.7 Å². The fraction of sp³-hybridized carbons (Fsp3) is 0.222. The van der Waals surface area contributed by atoms with Crippen molar-refractivity contribution in [2.75, 3.05) is 6.54 Å². The zero-order chi connectivity index (χ0) is 19.2. The lowest BCUT2D eigenvalue weighted by molar-refractivity contribution is -0.131. The monoisotopic (exact) mass is 429 g/mol. The number of carbonyl (C=O) groups is 2. The molecule has 1 N–H and O–H groups in total. The Labute approximate surface area is 162 Å². The normalized spacial score (nSPS) is 19.7. The van der Waals surface area contributed by atoms with Gasteiger partial charge in [0.1, 0.15) is 5.54 Å². The molecule has 1 saturated heterocycles. The number of urea groups is 1. The number of amides is 3. The Morgan fingerprint density at radius 1 is 1.07 bits per heavy atom. The summed E-state index contributed by atoms with van der Waals surface area (Å²) in [7, 11) is 0. The second-order valence-corrected chi connectivity index (χ2v) is 7.28. The largest absolute Gasteiger partial charge is 0.350 e. The van der Waals surface area contributed by atoms with Gasteiger partial charge in [-0.15, -0.1) is 5.10 Å². The van der Waals surface area contributed by atoms with Crippen molar-refractivity contribution in [2.24, 2.45) is 0 Å². The molecule has 0 aliphatic carbocycles. The third-order valence-corrected chi connectivity index (χ3v) is 5.40. The van der Waals surface area contributed by atoms with E-state index in [9.17, 15) is 14.4 Å². The number of hydrogen-bond donors (Lipinski definition) is 1. The van der Waals surface area contributed by atoms with Crippen LogP contribution in [-0.2, 0) is 16.9 Å². The number of benzene rings is 1. The van der Waals surface area contributed by atoms with Crippen molar-refractivity contribution < 1.29 is 9.59 Å². The lowest BCUT2D eigenvalue weighted by Crippen LogP contribution is -2.41. The predicted octanol–water partition coefficient (Wildman–Crippen LogP) is 1.73. The quantitative estimate of drug-likeness (QED) is 0.639. The van der Waals surface area contributed by atoms with Crippen LogP contribution in [0.5, 0.6) is 0 Å². The first-order valence-electron chi connectivity index (χ1n) is 8.35. The number of rotatable bonds is 4. The molecular weight excluding hydrogens is 414 g/mol. The molecule has 9 heteroatoms. The van der Waals surface area contributed by atoms with E-state index in [2.05, 4.69) is 26.3 Å². The average Bonchev–Trinajstić information content (AvgIpc) is 3.08. The van der Waals surface area contributed by atoms with Crippen LogP contribution >= 0.6 is 15.9 Å². The first-order valence-corrected chi connectivity index (χ1v) is 9.14. The number of nitrogens with zero attached hydrogens (tertiary/aromatic N) is 4. The summed E-state index contributed by atoms with van der Waals surface area (Å²) in [6.07, 6.45) is 1.62. The third kappa shape index (κ3) is 2.74. The van der Waals surface area contributed by atoms with E-state index in [1.54, 1.807) is 37.4 Å². The molecule has 0 spiro atoms. The topological polar surface area (TPSA) is 88.7 Å². The Morgan fingerprint density at radius 2 is 1.81 bits per heavy atom. The molecule has 1 aliphatic heterocycles. The summed E-state index contributed by atoms with van der Waals surface area (Å²) in [5, 5.41) is 6.98. The minimum absolute atomic E-state index is 0.0501. The molecule has 4 rings (SSSR count). The number of carbonyl (C=O) groups excluding carboxylic acids is 2. The van der Waals surface area contributed by atoms with Crippen molar-refractivity contribution in [2.45, 2.75) is 19.0 Å². The summed E-state index contributed by atoms with van der Waals surface area (Å²) in [4.78, 5) is 38.9. The number of halogens is 1. The summed E-state index contributed by atoms with van der Waals surface area (Å²) in [5.74, 6) is -0.365. The van der Waals surface area contributed by atoms with Gasteiger partial charge in [-0.05, 0) is 25.1 Å². The second kappa shape index (κ2) is 6.34. The van der Waals surface area contributed by atoms with Crippen molar-refractivity contribution in [1.82, 2.24) is 24.4 Å². The van der Waals surface area contributed by atoms with Crippen molar-refractivity contribution in [3.8, 4) is 0 Å². The second-order valence-electron chi connectivity index (χ2n) is 6.43. The van der Waals surface area contributed by atoms with E-state index >= 15 is 0 Å². The highest BCUT2D eigenvalue weighted by Gasteiger charge is 2.49. The molecule has 2 aromatic heterocycles. The molecule has 0 saturated carbocycles. The number of aromatic nitrogens is 3. The third-order valence-electron chi connectivity index (χ3n) is 4.71. The van der Waals surface area contributed by atoms with Gasteiger partial charge in [0.15, 0.2) is 5.65 Å². The highest BCUT2D eigenvalue weighted by Crippen LogP contribution is 2.33. The maximum absolute atomic E-state index is 13.0. The van der Waals surface area contributed by atoms with Gasteiger partial charge in [0.2, 0.25) is 0 Å². The van der Waals surface area contributed by atoms with Crippen molar-refractivity contribution in [1.29, 1.82) is 0 Å². The van der Waals surface area contributed by atoms with E-state index in [0.717, 1.165) is 9.37 Å². The number of imide groups is 1. The van der Waals surface area contributed by atoms with E-state index in [1.165, 1.54) is 9.08 Å². The molecule has 1 unspecified atom stereocenters. The van der Waals surface area contributed by atoms with Gasteiger partial charge < -0.3 is 5.32 Å². The van der Waals surface area contributed by atoms with Crippen molar-refractivity contribution in [3.63, 3.8) is 0 Å². The molecule has 1 fully saturated rings. The molecule has 138 valence electrons. The summed E-state index contributed by atoms with van der Waals surface area (Å²) < 4.78 is 3.40. The van der Waals surface area contributed by atoms with Crippen LogP contribution in [0.4, 0.5) is 4.79 Å². The van der Waals surface area contributed by atoms with Gasteiger partial charge in [0.25, 0.3) is 5.91 Å². The molecule has 0 bridgehead atoms. The number of nitrogens with one attached hydrogen (secondary N) is 1. The standard InChI is InChI=1S/C18H16BrN5O3/c1-18(12-6-2-3-7-13(12)19)15(25)23(16(26)20-18)10-11-24-17(27)22-9-5-4-8-14(22)21-24/h2-9H,10-11H2,1H3,(H,20,26). The van der Waals surface area contributed by atoms with Crippen molar-refractivity contribution in [3.05, 3.63) is 69.2 Å². The molecule has 3 aromatic rings. The first kappa shape index (κ1) is 17.5. The van der Waals surface area contributed by atoms with Crippen LogP contribution in [0, 0.1) is 0 Å². The van der Waals surface area contributed by atoms with Gasteiger partial charge in [-0.25, -0.2) is 14.3 Å². The molecule has 1 aromatic carbocycles. The Morgan fingerprint density at radius 3 is 2.56 bits per heavy atom. The molecule has 0 radical (unpaired) electrons. The Hall–Kier alpha value is -2.94. The highest BCUT2D eigenvalue weighted by atomic mass is 79.9. The van der Waals surface area contributed by atoms with Crippen LogP contribution in [0.25, 0.3) is 5.65 Å². The molecule has 3 heterocycles. The van der Waals surface area contributed by atoms with Gasteiger partial charge in [-0.2, -0.15) is 0 Å². The molecular formula is C18H16BrN5O3. The Bertz CT molecular complexity index is 1120. The van der Waals surface area contributed by atoms with E-state index in [-0.39, 0.29) is 24.7 Å². The minimum Gasteiger partial charge on any atom is -0.319 e. The van der Waals surface area contributed by atoms with Crippen LogP contribution in [0.1, 0.15) is 12.5 Å². The van der Waals surface area contributed by atoms with Crippen LogP contribution in [0.2, 0.25) is 0 Å². The summed E-state index contributed by atoms with van der Waals surface area (Å²) in [6, 6.07) is 12.0. The molecule has 1 aliphatic rings. The van der Waals surface area contributed by atoms with Gasteiger partial charge in [0, 0.05) is 16.2 Å². The smallest absolute Gasteiger partial charge is 0.319 e. The highest BCUT2D eigenvalue weighted by molar-refractivity contribution is 9.10. The van der Waals surface area contributed by atoms with E-state index in [1.807, 2.05) is 18.2 Å². The minimum atomic E-state index is -1.17. The van der Waals surface area contributed by atoms with Gasteiger partial charge in [0.05, 0.1) is 13.1 Å². The van der Waals surface area contributed by atoms with Crippen LogP contribution < -0.4 is 11.0 Å². The Kier molecular flexibility index (Phi) is 4.11. The molecule has 3 amide bonds. The Balaban J connectivity index is 1.59. The summed E-state index contributed by atoms with van der Waals surface area (Å²) in [6.45, 7) is 1.84. The van der Waals surface area contributed by atoms with Gasteiger partial charge in [-0.3, -0.25) is 14.1 Å². The van der Waals surface area contributed by atoms with E-state index in [4.69, 9.17) is 0 Å². The number of hydrogen-bond acceptors (Lipinski definition) is 4. The molecule has 1 atom stereocenters. The molecule has 8 nitrogen and oxygen atoms in total. The van der Waals surface area contributed by atoms with Gasteiger partial charge in [-0.1, -0.05) is 40.2 Å². The van der Waals surface area contributed by atoms with Crippen molar-refractivity contribution >= 4 is 33.5 Å². The predicted molar refractivity (Wildman–Crippen MR) is 101 cm³/mol. The lowest BCUT2D eigenvalue weighted by Gasteiger charge is -2.23. The summed E-state index contributed by atoms with van der Waals surface area (Å²) in [5.41, 5.74) is -0.291. The zero-order valence-corrected chi connectivity index (χ0v) is 16.0. The fourth-order valence-corrected chi connectivity index (χ4v) is 3.94. The SMILES string of the molecule is CC1(c2ccccc2Br)NC(=O)N(CCn2nc3ccccn3c2=O)C1=O. The number of pyridine rings is 1. The van der Waals surface area contributed by atoms with Crippen LogP contribution in [0.3, 0.4) is 0 Å². The maximum atomic E-state index is 13.0. The zero-order valence-electron chi connectivity index (χ0n) is 14.4. The number of fused-ring (bicyclic) bond motifs is 1. The fourth-order valence-electron chi connectivity index (χ4n) is 3.26. The molecule has 27 heavy (non-hydrogen) atoms. The summed E-state index contributed by atoms with van der Waals surface area (Å²) >= 11 is 3.43. The van der Waals surface area contributed by atoms with Crippen LogP contribution in [-0.4, -0.2) is 37.6 Å². The van der Waals surface area contributed by atoms with E-state index < -0.39 is 11.6 Å². The lowest BCUT2D eigenvalue weighted by atomic mass is 9.92. The van der Waals surface area contributed by atoms with Crippen LogP contribution in [0.15, 0.2) is 57.9 Å². The maximum Gasteiger partial charge on any atom is 0.350 e. The van der Waals surface area contributed by atoms with E-state index in [0.29, 0.717) is 11.2 Å².